The monoisotopic (exact) mass is 344 g/mol. The molecule has 9 heteroatoms. The number of nitrogens with zero attached hydrogens (tertiary/aromatic N) is 4. The molecule has 25 heavy (non-hydrogen) atoms. The summed E-state index contributed by atoms with van der Waals surface area (Å²) < 4.78 is 16.5. The first-order valence-corrected chi connectivity index (χ1v) is 7.30. The second-order valence-electron chi connectivity index (χ2n) is 5.21. The van der Waals surface area contributed by atoms with Crippen LogP contribution in [0.25, 0.3) is 5.69 Å². The van der Waals surface area contributed by atoms with Crippen molar-refractivity contribution >= 4 is 5.97 Å². The van der Waals surface area contributed by atoms with E-state index in [-0.39, 0.29) is 12.2 Å². The molecule has 0 atom stereocenters. The van der Waals surface area contributed by atoms with E-state index in [1.165, 1.54) is 12.1 Å². The van der Waals surface area contributed by atoms with Crippen molar-refractivity contribution in [3.8, 4) is 5.69 Å². The standard InChI is InChI=1S/C16H13FN4O4/c17-11-2-4-12(5-3-11)21-14(22)13(15(23)24)10-19(16(21)25)8-9-20-7-1-6-18-20/h1-7,10H,8-9H2,(H,23,24). The van der Waals surface area contributed by atoms with Crippen LogP contribution in [0.5, 0.6) is 0 Å². The fourth-order valence-corrected chi connectivity index (χ4v) is 2.37. The number of rotatable bonds is 5. The molecule has 0 aliphatic heterocycles. The van der Waals surface area contributed by atoms with Gasteiger partial charge in [0.15, 0.2) is 0 Å². The number of aromatic nitrogens is 4. The molecular weight excluding hydrogens is 331 g/mol. The van der Waals surface area contributed by atoms with Crippen LogP contribution in [0.15, 0.2) is 58.5 Å². The van der Waals surface area contributed by atoms with Gasteiger partial charge in [0.25, 0.3) is 5.56 Å². The van der Waals surface area contributed by atoms with Crippen molar-refractivity contribution in [3.63, 3.8) is 0 Å². The number of benzene rings is 1. The maximum absolute atomic E-state index is 13.1. The van der Waals surface area contributed by atoms with Gasteiger partial charge in [-0.2, -0.15) is 5.10 Å². The summed E-state index contributed by atoms with van der Waals surface area (Å²) in [5.74, 6) is -1.99. The van der Waals surface area contributed by atoms with Crippen LogP contribution >= 0.6 is 0 Å². The van der Waals surface area contributed by atoms with Gasteiger partial charge in [-0.3, -0.25) is 14.0 Å². The van der Waals surface area contributed by atoms with Crippen LogP contribution in [0.4, 0.5) is 4.39 Å². The van der Waals surface area contributed by atoms with Crippen LogP contribution < -0.4 is 11.2 Å². The van der Waals surface area contributed by atoms with Crippen molar-refractivity contribution in [1.29, 1.82) is 0 Å². The lowest BCUT2D eigenvalue weighted by molar-refractivity contribution is 0.0693. The molecule has 0 spiro atoms. The Balaban J connectivity index is 2.12. The Labute approximate surface area is 140 Å². The van der Waals surface area contributed by atoms with Gasteiger partial charge in [-0.05, 0) is 30.3 Å². The van der Waals surface area contributed by atoms with Gasteiger partial charge in [0.1, 0.15) is 11.4 Å². The summed E-state index contributed by atoms with van der Waals surface area (Å²) in [7, 11) is 0. The fraction of sp³-hybridized carbons (Fsp3) is 0.125. The van der Waals surface area contributed by atoms with Crippen molar-refractivity contribution in [1.82, 2.24) is 18.9 Å². The van der Waals surface area contributed by atoms with Crippen molar-refractivity contribution < 1.29 is 14.3 Å². The summed E-state index contributed by atoms with van der Waals surface area (Å²) >= 11 is 0. The predicted octanol–water partition coefficient (Wildman–Crippen LogP) is 0.733. The molecule has 0 unspecified atom stereocenters. The lowest BCUT2D eigenvalue weighted by Gasteiger charge is -2.12. The van der Waals surface area contributed by atoms with Crippen molar-refractivity contribution in [3.05, 3.63) is 81.1 Å². The SMILES string of the molecule is O=C(O)c1cn(CCn2cccn2)c(=O)n(-c2ccc(F)cc2)c1=O. The van der Waals surface area contributed by atoms with Crippen LogP contribution in [0.3, 0.4) is 0 Å². The van der Waals surface area contributed by atoms with Crippen LogP contribution in [0.1, 0.15) is 10.4 Å². The Hall–Kier alpha value is -3.49. The maximum Gasteiger partial charge on any atom is 0.342 e. The average Bonchev–Trinajstić information content (AvgIpc) is 3.09. The van der Waals surface area contributed by atoms with Crippen molar-refractivity contribution in [2.45, 2.75) is 13.1 Å². The van der Waals surface area contributed by atoms with E-state index >= 15 is 0 Å². The first kappa shape index (κ1) is 16.4. The molecule has 0 amide bonds. The van der Waals surface area contributed by atoms with Crippen LogP contribution in [0, 0.1) is 5.82 Å². The molecule has 8 nitrogen and oxygen atoms in total. The van der Waals surface area contributed by atoms with E-state index in [0.29, 0.717) is 11.1 Å². The third-order valence-electron chi connectivity index (χ3n) is 3.60. The molecule has 2 heterocycles. The van der Waals surface area contributed by atoms with Gasteiger partial charge in [-0.25, -0.2) is 18.5 Å². The van der Waals surface area contributed by atoms with Gasteiger partial charge in [0, 0.05) is 25.1 Å². The first-order valence-electron chi connectivity index (χ1n) is 7.30. The number of aromatic carboxylic acids is 1. The molecule has 0 fully saturated rings. The van der Waals surface area contributed by atoms with E-state index in [0.717, 1.165) is 22.9 Å². The summed E-state index contributed by atoms with van der Waals surface area (Å²) in [5, 5.41) is 13.2. The topological polar surface area (TPSA) is 99.1 Å². The third kappa shape index (κ3) is 3.25. The number of hydrogen-bond donors (Lipinski definition) is 1. The van der Waals surface area contributed by atoms with Gasteiger partial charge in [-0.1, -0.05) is 0 Å². The third-order valence-corrected chi connectivity index (χ3v) is 3.60. The summed E-state index contributed by atoms with van der Waals surface area (Å²) in [4.78, 5) is 36.3. The molecule has 1 N–H and O–H groups in total. The molecule has 0 radical (unpaired) electrons. The molecule has 0 saturated carbocycles. The minimum atomic E-state index is -1.45. The van der Waals surface area contributed by atoms with Crippen molar-refractivity contribution in [2.24, 2.45) is 0 Å². The van der Waals surface area contributed by atoms with Crippen LogP contribution in [0.2, 0.25) is 0 Å². The van der Waals surface area contributed by atoms with E-state index in [1.807, 2.05) is 0 Å². The minimum Gasteiger partial charge on any atom is -0.477 e. The lowest BCUT2D eigenvalue weighted by atomic mass is 10.3. The van der Waals surface area contributed by atoms with Gasteiger partial charge in [0.2, 0.25) is 0 Å². The number of hydrogen-bond acceptors (Lipinski definition) is 4. The summed E-state index contributed by atoms with van der Waals surface area (Å²) in [6.45, 7) is 0.426. The number of carboxylic acids is 1. The Kier molecular flexibility index (Phi) is 4.29. The van der Waals surface area contributed by atoms with Gasteiger partial charge in [0.05, 0.1) is 12.2 Å². The predicted molar refractivity (Wildman–Crippen MR) is 85.4 cm³/mol. The Morgan fingerprint density at radius 1 is 1.16 bits per heavy atom. The average molecular weight is 344 g/mol. The highest BCUT2D eigenvalue weighted by Gasteiger charge is 2.17. The van der Waals surface area contributed by atoms with E-state index in [4.69, 9.17) is 0 Å². The van der Waals surface area contributed by atoms with Gasteiger partial charge in [-0.15, -0.1) is 0 Å². The zero-order valence-corrected chi connectivity index (χ0v) is 12.9. The number of aryl methyl sites for hydroxylation is 2. The number of carbonyl (C=O) groups is 1. The number of carboxylic acid groups (broad SMARTS) is 1. The maximum atomic E-state index is 13.1. The van der Waals surface area contributed by atoms with E-state index in [9.17, 15) is 23.9 Å². The number of halogens is 1. The van der Waals surface area contributed by atoms with Crippen LogP contribution in [-0.4, -0.2) is 30.0 Å². The molecule has 1 aromatic carbocycles. The van der Waals surface area contributed by atoms with Gasteiger partial charge >= 0.3 is 11.7 Å². The quantitative estimate of drug-likeness (QED) is 0.736. The smallest absolute Gasteiger partial charge is 0.342 e. The molecule has 0 bridgehead atoms. The van der Waals surface area contributed by atoms with E-state index < -0.39 is 28.6 Å². The Morgan fingerprint density at radius 3 is 2.48 bits per heavy atom. The molecular formula is C16H13FN4O4. The highest BCUT2D eigenvalue weighted by Crippen LogP contribution is 2.05. The minimum absolute atomic E-state index is 0.0901. The largest absolute Gasteiger partial charge is 0.477 e. The Bertz CT molecular complexity index is 1020. The summed E-state index contributed by atoms with van der Waals surface area (Å²) in [6, 6.07) is 6.36. The van der Waals surface area contributed by atoms with E-state index in [1.54, 1.807) is 23.1 Å². The molecule has 0 aliphatic rings. The van der Waals surface area contributed by atoms with Gasteiger partial charge < -0.3 is 5.11 Å². The molecule has 2 aromatic heterocycles. The zero-order chi connectivity index (χ0) is 18.0. The molecule has 0 aliphatic carbocycles. The second kappa shape index (κ2) is 6.56. The summed E-state index contributed by atoms with van der Waals surface area (Å²) in [6.07, 6.45) is 4.28. The van der Waals surface area contributed by atoms with Crippen molar-refractivity contribution in [2.75, 3.05) is 0 Å². The van der Waals surface area contributed by atoms with E-state index in [2.05, 4.69) is 5.10 Å². The molecule has 128 valence electrons. The lowest BCUT2D eigenvalue weighted by Crippen LogP contribution is -2.41. The first-order chi connectivity index (χ1) is 12.0. The highest BCUT2D eigenvalue weighted by atomic mass is 19.1. The molecule has 3 aromatic rings. The Morgan fingerprint density at radius 2 is 1.88 bits per heavy atom. The summed E-state index contributed by atoms with van der Waals surface area (Å²) in [5.41, 5.74) is -2.15. The zero-order valence-electron chi connectivity index (χ0n) is 12.9. The molecule has 0 saturated heterocycles. The second-order valence-corrected chi connectivity index (χ2v) is 5.21. The normalized spacial score (nSPS) is 10.8. The fourth-order valence-electron chi connectivity index (χ4n) is 2.37. The highest BCUT2D eigenvalue weighted by molar-refractivity contribution is 5.86. The molecule has 3 rings (SSSR count). The van der Waals surface area contributed by atoms with Crippen LogP contribution in [-0.2, 0) is 13.1 Å².